The lowest BCUT2D eigenvalue weighted by molar-refractivity contribution is 1.08. The van der Waals surface area contributed by atoms with Crippen molar-refractivity contribution in [1.82, 2.24) is 9.97 Å². The van der Waals surface area contributed by atoms with Crippen LogP contribution in [0.25, 0.3) is 20.7 Å². The van der Waals surface area contributed by atoms with Crippen LogP contribution in [0.5, 0.6) is 0 Å². The van der Waals surface area contributed by atoms with Gasteiger partial charge in [-0.3, -0.25) is 0 Å². The molecule has 0 amide bonds. The lowest BCUT2D eigenvalue weighted by Crippen LogP contribution is -1.99. The van der Waals surface area contributed by atoms with Gasteiger partial charge in [-0.2, -0.15) is 11.8 Å². The van der Waals surface area contributed by atoms with Gasteiger partial charge in [0.25, 0.3) is 0 Å². The van der Waals surface area contributed by atoms with Crippen LogP contribution in [-0.4, -0.2) is 23.3 Å². The fourth-order valence-electron chi connectivity index (χ4n) is 1.97. The number of aromatic nitrogens is 2. The van der Waals surface area contributed by atoms with Crippen LogP contribution >= 0.6 is 34.4 Å². The molecule has 0 aliphatic heterocycles. The Kier molecular flexibility index (Phi) is 3.72. The molecule has 3 aromatic rings. The molecule has 0 spiro atoms. The predicted octanol–water partition coefficient (Wildman–Crippen LogP) is 4.32. The lowest BCUT2D eigenvalue weighted by atomic mass is 10.2. The molecule has 0 atom stereocenters. The zero-order chi connectivity index (χ0) is 13.2. The van der Waals surface area contributed by atoms with Crippen molar-refractivity contribution in [2.24, 2.45) is 0 Å². The SMILES string of the molecule is CNc1nc(CSC)nc2scc(-c3cccs3)c12. The maximum Gasteiger partial charge on any atom is 0.142 e. The number of hydrogen-bond acceptors (Lipinski definition) is 6. The molecule has 0 saturated heterocycles. The second-order valence-corrected chi connectivity index (χ2v) is 6.65. The number of thioether (sulfide) groups is 1. The quantitative estimate of drug-likeness (QED) is 0.779. The van der Waals surface area contributed by atoms with Crippen molar-refractivity contribution >= 4 is 50.5 Å². The first kappa shape index (κ1) is 12.9. The first-order valence-corrected chi connectivity index (χ1v) is 8.97. The number of rotatable bonds is 4. The van der Waals surface area contributed by atoms with E-state index < -0.39 is 0 Å². The van der Waals surface area contributed by atoms with Crippen LogP contribution in [-0.2, 0) is 5.75 Å². The Balaban J connectivity index is 2.22. The van der Waals surface area contributed by atoms with Gasteiger partial charge in [0.1, 0.15) is 16.5 Å². The minimum atomic E-state index is 0.844. The smallest absolute Gasteiger partial charge is 0.142 e. The molecule has 0 aliphatic carbocycles. The van der Waals surface area contributed by atoms with Gasteiger partial charge in [-0.25, -0.2) is 9.97 Å². The minimum Gasteiger partial charge on any atom is -0.372 e. The highest BCUT2D eigenvalue weighted by molar-refractivity contribution is 7.97. The van der Waals surface area contributed by atoms with Crippen LogP contribution in [0.3, 0.4) is 0 Å². The largest absolute Gasteiger partial charge is 0.372 e. The lowest BCUT2D eigenvalue weighted by Gasteiger charge is -2.06. The Hall–Kier alpha value is -1.11. The first-order chi connectivity index (χ1) is 9.33. The average molecular weight is 307 g/mol. The number of thiophene rings is 2. The van der Waals surface area contributed by atoms with E-state index in [1.165, 1.54) is 10.4 Å². The van der Waals surface area contributed by atoms with Crippen LogP contribution < -0.4 is 5.32 Å². The van der Waals surface area contributed by atoms with E-state index in [0.717, 1.165) is 27.6 Å². The Bertz CT molecular complexity index is 689. The van der Waals surface area contributed by atoms with E-state index in [1.807, 2.05) is 7.05 Å². The number of fused-ring (bicyclic) bond motifs is 1. The molecule has 0 fully saturated rings. The molecule has 0 unspecified atom stereocenters. The summed E-state index contributed by atoms with van der Waals surface area (Å²) in [6.07, 6.45) is 2.07. The van der Waals surface area contributed by atoms with E-state index in [4.69, 9.17) is 0 Å². The molecule has 0 saturated carbocycles. The zero-order valence-corrected chi connectivity index (χ0v) is 13.1. The third kappa shape index (κ3) is 2.35. The van der Waals surface area contributed by atoms with Crippen LogP contribution in [0.2, 0.25) is 0 Å². The van der Waals surface area contributed by atoms with E-state index in [1.54, 1.807) is 34.4 Å². The molecule has 3 nitrogen and oxygen atoms in total. The van der Waals surface area contributed by atoms with Crippen LogP contribution in [0.4, 0.5) is 5.82 Å². The van der Waals surface area contributed by atoms with E-state index in [2.05, 4.69) is 44.4 Å². The van der Waals surface area contributed by atoms with Gasteiger partial charge in [0.15, 0.2) is 0 Å². The van der Waals surface area contributed by atoms with Gasteiger partial charge in [0.2, 0.25) is 0 Å². The molecule has 0 bridgehead atoms. The molecule has 0 aliphatic rings. The number of nitrogens with zero attached hydrogens (tertiary/aromatic N) is 2. The highest BCUT2D eigenvalue weighted by atomic mass is 32.2. The third-order valence-corrected chi connectivity index (χ3v) is 5.10. The summed E-state index contributed by atoms with van der Waals surface area (Å²) in [5.41, 5.74) is 1.23. The molecule has 3 rings (SSSR count). The molecule has 3 heterocycles. The van der Waals surface area contributed by atoms with Gasteiger partial charge in [0, 0.05) is 22.9 Å². The van der Waals surface area contributed by atoms with Gasteiger partial charge < -0.3 is 5.32 Å². The summed E-state index contributed by atoms with van der Waals surface area (Å²) < 4.78 is 0. The van der Waals surface area contributed by atoms with E-state index in [0.29, 0.717) is 0 Å². The molecule has 0 radical (unpaired) electrons. The number of nitrogens with one attached hydrogen (secondary N) is 1. The van der Waals surface area contributed by atoms with E-state index in [9.17, 15) is 0 Å². The summed E-state index contributed by atoms with van der Waals surface area (Å²) in [6.45, 7) is 0. The Labute approximate surface area is 124 Å². The van der Waals surface area contributed by atoms with Crippen LogP contribution in [0.1, 0.15) is 5.82 Å². The summed E-state index contributed by atoms with van der Waals surface area (Å²) in [5, 5.41) is 8.62. The summed E-state index contributed by atoms with van der Waals surface area (Å²) >= 11 is 5.18. The monoisotopic (exact) mass is 307 g/mol. The zero-order valence-electron chi connectivity index (χ0n) is 10.6. The molecular formula is C13H13N3S3. The van der Waals surface area contributed by atoms with Gasteiger partial charge in [-0.1, -0.05) is 6.07 Å². The molecule has 0 aromatic carbocycles. The summed E-state index contributed by atoms with van der Waals surface area (Å²) in [6, 6.07) is 4.22. The maximum atomic E-state index is 4.66. The fraction of sp³-hybridized carbons (Fsp3) is 0.231. The second kappa shape index (κ2) is 5.48. The fourth-order valence-corrected chi connectivity index (χ4v) is 4.14. The van der Waals surface area contributed by atoms with Crippen molar-refractivity contribution in [3.63, 3.8) is 0 Å². The standard InChI is InChI=1S/C13H13N3S3/c1-14-12-11-8(9-4-3-5-18-9)6-19-13(11)16-10(15-12)7-17-2/h3-6H,7H2,1-2H3,(H,14,15,16). The Morgan fingerprint density at radius 1 is 1.32 bits per heavy atom. The van der Waals surface area contributed by atoms with Crippen molar-refractivity contribution in [1.29, 1.82) is 0 Å². The topological polar surface area (TPSA) is 37.8 Å². The van der Waals surface area contributed by atoms with Crippen molar-refractivity contribution in [3.8, 4) is 10.4 Å². The molecule has 6 heteroatoms. The van der Waals surface area contributed by atoms with E-state index in [-0.39, 0.29) is 0 Å². The summed E-state index contributed by atoms with van der Waals surface area (Å²) in [7, 11) is 1.92. The normalized spacial score (nSPS) is 11.1. The van der Waals surface area contributed by atoms with Gasteiger partial charge in [-0.05, 0) is 17.7 Å². The van der Waals surface area contributed by atoms with Crippen molar-refractivity contribution in [2.45, 2.75) is 5.75 Å². The second-order valence-electron chi connectivity index (χ2n) is 3.98. The van der Waals surface area contributed by atoms with Crippen molar-refractivity contribution in [3.05, 3.63) is 28.7 Å². The number of anilines is 1. The average Bonchev–Trinajstić information content (AvgIpc) is 3.06. The van der Waals surface area contributed by atoms with Gasteiger partial charge in [0.05, 0.1) is 11.1 Å². The molecule has 98 valence electrons. The minimum absolute atomic E-state index is 0.844. The Morgan fingerprint density at radius 2 is 2.21 bits per heavy atom. The molecule has 19 heavy (non-hydrogen) atoms. The first-order valence-electron chi connectivity index (χ1n) is 5.82. The maximum absolute atomic E-state index is 4.66. The van der Waals surface area contributed by atoms with Crippen LogP contribution in [0.15, 0.2) is 22.9 Å². The van der Waals surface area contributed by atoms with Crippen molar-refractivity contribution in [2.75, 3.05) is 18.6 Å². The summed E-state index contributed by atoms with van der Waals surface area (Å²) in [4.78, 5) is 11.6. The van der Waals surface area contributed by atoms with Crippen LogP contribution in [0, 0.1) is 0 Å². The third-order valence-electron chi connectivity index (χ3n) is 2.78. The summed E-state index contributed by atoms with van der Waals surface area (Å²) in [5.74, 6) is 2.67. The highest BCUT2D eigenvalue weighted by Crippen LogP contribution is 2.38. The van der Waals surface area contributed by atoms with Gasteiger partial charge >= 0.3 is 0 Å². The number of hydrogen-bond donors (Lipinski definition) is 1. The Morgan fingerprint density at radius 3 is 2.89 bits per heavy atom. The predicted molar refractivity (Wildman–Crippen MR) is 87.5 cm³/mol. The van der Waals surface area contributed by atoms with Crippen molar-refractivity contribution < 1.29 is 0 Å². The molecule has 3 aromatic heterocycles. The van der Waals surface area contributed by atoms with E-state index >= 15 is 0 Å². The molecular weight excluding hydrogens is 294 g/mol. The van der Waals surface area contributed by atoms with Gasteiger partial charge in [-0.15, -0.1) is 22.7 Å². The highest BCUT2D eigenvalue weighted by Gasteiger charge is 2.14. The molecule has 1 N–H and O–H groups in total.